The second-order valence-corrected chi connectivity index (χ2v) is 6.52. The molecule has 0 fully saturated rings. The van der Waals surface area contributed by atoms with Gasteiger partial charge in [-0.15, -0.1) is 12.4 Å². The maximum Gasteiger partial charge on any atom is 0.273 e. The van der Waals surface area contributed by atoms with Gasteiger partial charge in [0.25, 0.3) is 5.91 Å². The van der Waals surface area contributed by atoms with E-state index in [1.165, 1.54) is 30.3 Å². The Balaban J connectivity index is 0.00000256. The van der Waals surface area contributed by atoms with Gasteiger partial charge in [-0.2, -0.15) is 0 Å². The molecule has 1 atom stereocenters. The minimum atomic E-state index is -0.371. The maximum atomic E-state index is 12.9. The summed E-state index contributed by atoms with van der Waals surface area (Å²) in [5.41, 5.74) is 1.03. The summed E-state index contributed by atoms with van der Waals surface area (Å²) in [6, 6.07) is 12.4. The minimum absolute atomic E-state index is 0. The second kappa shape index (κ2) is 9.49. The van der Waals surface area contributed by atoms with Gasteiger partial charge >= 0.3 is 0 Å². The summed E-state index contributed by atoms with van der Waals surface area (Å²) in [5.74, 6) is 1.51. The molecule has 2 aromatic carbocycles. The van der Waals surface area contributed by atoms with Crippen LogP contribution in [-0.2, 0) is 6.61 Å². The molecule has 0 saturated carbocycles. The summed E-state index contributed by atoms with van der Waals surface area (Å²) in [7, 11) is 0. The van der Waals surface area contributed by atoms with Crippen molar-refractivity contribution in [3.63, 3.8) is 0 Å². The van der Waals surface area contributed by atoms with Crippen LogP contribution >= 0.6 is 12.4 Å². The Bertz CT molecular complexity index is 1010. The highest BCUT2D eigenvalue weighted by atomic mass is 35.5. The highest BCUT2D eigenvalue weighted by Gasteiger charge is 2.18. The molecule has 1 unspecified atom stereocenters. The number of hydrogen-bond donors (Lipinski definition) is 1. The lowest BCUT2D eigenvalue weighted by Crippen LogP contribution is -2.27. The first kappa shape index (κ1) is 21.4. The van der Waals surface area contributed by atoms with Gasteiger partial charge in [0.1, 0.15) is 31.4 Å². The van der Waals surface area contributed by atoms with Crippen LogP contribution in [0, 0.1) is 5.82 Å². The van der Waals surface area contributed by atoms with Crippen LogP contribution in [0.1, 0.15) is 34.8 Å². The van der Waals surface area contributed by atoms with Gasteiger partial charge in [0.2, 0.25) is 0 Å². The van der Waals surface area contributed by atoms with E-state index >= 15 is 0 Å². The quantitative estimate of drug-likeness (QED) is 0.629. The molecule has 0 aliphatic carbocycles. The minimum Gasteiger partial charge on any atom is -0.486 e. The third-order valence-electron chi connectivity index (χ3n) is 4.40. The third-order valence-corrected chi connectivity index (χ3v) is 4.40. The third kappa shape index (κ3) is 5.01. The van der Waals surface area contributed by atoms with E-state index in [2.05, 4.69) is 10.5 Å². The zero-order valence-corrected chi connectivity index (χ0v) is 16.9. The number of nitrogens with one attached hydrogen (secondary N) is 1. The van der Waals surface area contributed by atoms with E-state index in [0.717, 1.165) is 5.56 Å². The molecule has 1 aliphatic heterocycles. The van der Waals surface area contributed by atoms with Gasteiger partial charge in [0, 0.05) is 6.07 Å². The van der Waals surface area contributed by atoms with Crippen LogP contribution in [0.5, 0.6) is 17.2 Å². The molecular formula is C21H20ClFN2O5. The highest BCUT2D eigenvalue weighted by Crippen LogP contribution is 2.32. The van der Waals surface area contributed by atoms with E-state index < -0.39 is 0 Å². The van der Waals surface area contributed by atoms with Crippen LogP contribution in [0.2, 0.25) is 0 Å². The fourth-order valence-electron chi connectivity index (χ4n) is 2.86. The summed E-state index contributed by atoms with van der Waals surface area (Å²) >= 11 is 0. The zero-order valence-electron chi connectivity index (χ0n) is 16.1. The summed E-state index contributed by atoms with van der Waals surface area (Å²) < 4.78 is 34.6. The largest absolute Gasteiger partial charge is 0.486 e. The molecule has 1 aromatic heterocycles. The lowest BCUT2D eigenvalue weighted by Gasteiger charge is -2.20. The number of halogens is 2. The topological polar surface area (TPSA) is 82.8 Å². The van der Waals surface area contributed by atoms with E-state index in [0.29, 0.717) is 36.2 Å². The number of ether oxygens (including phenoxy) is 3. The molecule has 30 heavy (non-hydrogen) atoms. The predicted octanol–water partition coefficient (Wildman–Crippen LogP) is 4.08. The molecule has 4 rings (SSSR count). The number of amides is 1. The fourth-order valence-corrected chi connectivity index (χ4v) is 2.86. The van der Waals surface area contributed by atoms with Crippen molar-refractivity contribution in [1.82, 2.24) is 10.5 Å². The van der Waals surface area contributed by atoms with Gasteiger partial charge in [-0.3, -0.25) is 4.79 Å². The Labute approximate surface area is 178 Å². The first-order chi connectivity index (χ1) is 14.1. The molecule has 1 amide bonds. The molecule has 158 valence electrons. The van der Waals surface area contributed by atoms with Gasteiger partial charge in [0.15, 0.2) is 23.0 Å². The number of carbonyl (C=O) groups excluding carboxylic acids is 1. The molecule has 0 spiro atoms. The van der Waals surface area contributed by atoms with E-state index in [1.54, 1.807) is 0 Å². The van der Waals surface area contributed by atoms with Gasteiger partial charge in [-0.25, -0.2) is 4.39 Å². The van der Waals surface area contributed by atoms with Crippen molar-refractivity contribution in [3.8, 4) is 17.2 Å². The van der Waals surface area contributed by atoms with Crippen LogP contribution in [0.15, 0.2) is 53.1 Å². The number of benzene rings is 2. The molecule has 1 aliphatic rings. The molecule has 0 radical (unpaired) electrons. The number of rotatable bonds is 6. The molecule has 0 saturated heterocycles. The van der Waals surface area contributed by atoms with E-state index in [4.69, 9.17) is 18.7 Å². The van der Waals surface area contributed by atoms with Gasteiger partial charge in [-0.1, -0.05) is 11.2 Å². The lowest BCUT2D eigenvalue weighted by molar-refractivity contribution is 0.0930. The maximum absolute atomic E-state index is 12.9. The van der Waals surface area contributed by atoms with Crippen molar-refractivity contribution < 1.29 is 27.9 Å². The van der Waals surface area contributed by atoms with Crippen LogP contribution in [0.3, 0.4) is 0 Å². The molecule has 1 N–H and O–H groups in total. The second-order valence-electron chi connectivity index (χ2n) is 6.52. The average molecular weight is 435 g/mol. The number of fused-ring (bicyclic) bond motifs is 1. The molecule has 7 nitrogen and oxygen atoms in total. The Morgan fingerprint density at radius 3 is 2.63 bits per heavy atom. The van der Waals surface area contributed by atoms with Gasteiger partial charge < -0.3 is 24.1 Å². The lowest BCUT2D eigenvalue weighted by atomic mass is 10.1. The molecule has 9 heteroatoms. The summed E-state index contributed by atoms with van der Waals surface area (Å²) in [6.45, 7) is 2.96. The first-order valence-corrected chi connectivity index (χ1v) is 9.13. The van der Waals surface area contributed by atoms with E-state index in [1.807, 2.05) is 25.1 Å². The zero-order chi connectivity index (χ0) is 20.2. The molecule has 3 aromatic rings. The standard InChI is InChI=1S/C21H19FN2O5.ClH/c1-13(14-2-7-19-20(10-14)27-9-8-26-19)23-21(25)18-11-17(29-24-18)12-28-16-5-3-15(22)4-6-16;/h2-7,10-11,13H,8-9,12H2,1H3,(H,23,25);1H. The summed E-state index contributed by atoms with van der Waals surface area (Å²) in [5, 5.41) is 6.66. The fraction of sp³-hybridized carbons (Fsp3) is 0.238. The number of hydrogen-bond acceptors (Lipinski definition) is 6. The summed E-state index contributed by atoms with van der Waals surface area (Å²) in [6.07, 6.45) is 0. The first-order valence-electron chi connectivity index (χ1n) is 9.13. The predicted molar refractivity (Wildman–Crippen MR) is 108 cm³/mol. The van der Waals surface area contributed by atoms with Gasteiger partial charge in [0.05, 0.1) is 6.04 Å². The number of carbonyl (C=O) groups is 1. The van der Waals surface area contributed by atoms with Crippen LogP contribution < -0.4 is 19.5 Å². The molecular weight excluding hydrogens is 415 g/mol. The van der Waals surface area contributed by atoms with Gasteiger partial charge in [-0.05, 0) is 48.9 Å². The van der Waals surface area contributed by atoms with Crippen LogP contribution in [0.25, 0.3) is 0 Å². The van der Waals surface area contributed by atoms with Crippen molar-refractivity contribution in [2.75, 3.05) is 13.2 Å². The Hall–Kier alpha value is -3.26. The SMILES string of the molecule is CC(NC(=O)c1cc(COc2ccc(F)cc2)on1)c1ccc2c(c1)OCCO2.Cl. The monoisotopic (exact) mass is 434 g/mol. The molecule has 2 heterocycles. The Kier molecular flexibility index (Phi) is 6.79. The van der Waals surface area contributed by atoms with Crippen molar-refractivity contribution >= 4 is 18.3 Å². The molecule has 0 bridgehead atoms. The van der Waals surface area contributed by atoms with E-state index in [-0.39, 0.29) is 42.5 Å². The number of nitrogens with zero attached hydrogens (tertiary/aromatic N) is 1. The van der Waals surface area contributed by atoms with Crippen LogP contribution in [0.4, 0.5) is 4.39 Å². The van der Waals surface area contributed by atoms with Crippen molar-refractivity contribution in [2.45, 2.75) is 19.6 Å². The Morgan fingerprint density at radius 1 is 1.13 bits per heavy atom. The van der Waals surface area contributed by atoms with Crippen LogP contribution in [-0.4, -0.2) is 24.3 Å². The van der Waals surface area contributed by atoms with E-state index in [9.17, 15) is 9.18 Å². The summed E-state index contributed by atoms with van der Waals surface area (Å²) in [4.78, 5) is 12.5. The van der Waals surface area contributed by atoms with Crippen molar-refractivity contribution in [3.05, 3.63) is 71.4 Å². The van der Waals surface area contributed by atoms with Crippen molar-refractivity contribution in [2.24, 2.45) is 0 Å². The highest BCUT2D eigenvalue weighted by molar-refractivity contribution is 5.92. The normalized spacial score (nSPS) is 13.1. The smallest absolute Gasteiger partial charge is 0.273 e. The average Bonchev–Trinajstić information content (AvgIpc) is 3.22. The van der Waals surface area contributed by atoms with Crippen molar-refractivity contribution in [1.29, 1.82) is 0 Å². The number of aromatic nitrogens is 1. The Morgan fingerprint density at radius 2 is 1.87 bits per heavy atom.